The van der Waals surface area contributed by atoms with E-state index in [0.717, 1.165) is 0 Å². The zero-order valence-electron chi connectivity index (χ0n) is 8.88. The van der Waals surface area contributed by atoms with Crippen molar-refractivity contribution in [3.63, 3.8) is 0 Å². The molecule has 76 valence electrons. The van der Waals surface area contributed by atoms with E-state index in [1.807, 2.05) is 6.07 Å². The number of nitrogens with two attached hydrogens (primary N) is 1. The maximum Gasteiger partial charge on any atom is 0.0388 e. The van der Waals surface area contributed by atoms with E-state index in [4.69, 9.17) is 5.73 Å². The van der Waals surface area contributed by atoms with Gasteiger partial charge in [-0.2, -0.15) is 0 Å². The summed E-state index contributed by atoms with van der Waals surface area (Å²) in [5, 5.41) is 3.55. The van der Waals surface area contributed by atoms with E-state index in [9.17, 15) is 0 Å². The molecule has 0 saturated heterocycles. The first kappa shape index (κ1) is 9.53. The van der Waals surface area contributed by atoms with Crippen LogP contribution in [0.25, 0.3) is 0 Å². The lowest BCUT2D eigenvalue weighted by Crippen LogP contribution is -2.11. The van der Waals surface area contributed by atoms with Gasteiger partial charge >= 0.3 is 0 Å². The lowest BCUT2D eigenvalue weighted by atomic mass is 10.1. The van der Waals surface area contributed by atoms with Crippen LogP contribution < -0.4 is 11.1 Å². The van der Waals surface area contributed by atoms with Gasteiger partial charge in [-0.15, -0.1) is 0 Å². The van der Waals surface area contributed by atoms with E-state index in [1.54, 1.807) is 0 Å². The molecule has 1 aromatic carbocycles. The van der Waals surface area contributed by atoms with Crippen molar-refractivity contribution < 1.29 is 0 Å². The van der Waals surface area contributed by atoms with Crippen LogP contribution in [0.5, 0.6) is 0 Å². The first-order valence-electron chi connectivity index (χ1n) is 5.18. The molecular weight excluding hydrogens is 172 g/mol. The van der Waals surface area contributed by atoms with Gasteiger partial charge in [0.15, 0.2) is 0 Å². The van der Waals surface area contributed by atoms with Crippen molar-refractivity contribution in [2.75, 3.05) is 5.32 Å². The van der Waals surface area contributed by atoms with Gasteiger partial charge in [-0.3, -0.25) is 0 Å². The van der Waals surface area contributed by atoms with E-state index in [2.05, 4.69) is 37.4 Å². The molecule has 2 rings (SSSR count). The van der Waals surface area contributed by atoms with Gasteiger partial charge in [0.1, 0.15) is 0 Å². The van der Waals surface area contributed by atoms with Gasteiger partial charge in [0.25, 0.3) is 0 Å². The fourth-order valence-corrected chi connectivity index (χ4v) is 1.74. The number of anilines is 1. The second kappa shape index (κ2) is 3.28. The minimum absolute atomic E-state index is 0.460. The summed E-state index contributed by atoms with van der Waals surface area (Å²) in [5.74, 6) is 0. The smallest absolute Gasteiger partial charge is 0.0388 e. The Kier molecular flexibility index (Phi) is 2.23. The van der Waals surface area contributed by atoms with Crippen molar-refractivity contribution in [2.24, 2.45) is 11.1 Å². The molecule has 1 unspecified atom stereocenters. The Morgan fingerprint density at radius 2 is 2.07 bits per heavy atom. The van der Waals surface area contributed by atoms with Gasteiger partial charge in [-0.05, 0) is 23.5 Å². The minimum atomic E-state index is 0.460. The number of hydrogen-bond donors (Lipinski definition) is 2. The molecule has 1 atom stereocenters. The number of benzene rings is 1. The van der Waals surface area contributed by atoms with E-state index in [-0.39, 0.29) is 0 Å². The average molecular weight is 190 g/mol. The van der Waals surface area contributed by atoms with Crippen LogP contribution in [-0.4, -0.2) is 6.04 Å². The number of hydrogen-bond acceptors (Lipinski definition) is 2. The summed E-state index contributed by atoms with van der Waals surface area (Å²) < 4.78 is 0. The Labute approximate surface area is 85.5 Å². The Balaban J connectivity index is 2.10. The molecule has 14 heavy (non-hydrogen) atoms. The third kappa shape index (κ3) is 1.75. The van der Waals surface area contributed by atoms with Gasteiger partial charge in [0, 0.05) is 18.3 Å². The summed E-state index contributed by atoms with van der Waals surface area (Å²) >= 11 is 0. The Hall–Kier alpha value is -1.02. The van der Waals surface area contributed by atoms with Gasteiger partial charge in [-0.25, -0.2) is 0 Å². The molecule has 0 heterocycles. The number of rotatable bonds is 3. The average Bonchev–Trinajstić information content (AvgIpc) is 2.75. The highest BCUT2D eigenvalue weighted by Gasteiger charge is 2.45. The maximum atomic E-state index is 5.67. The first-order chi connectivity index (χ1) is 6.63. The van der Waals surface area contributed by atoms with Crippen LogP contribution >= 0.6 is 0 Å². The Morgan fingerprint density at radius 1 is 1.43 bits per heavy atom. The van der Waals surface area contributed by atoms with Crippen LogP contribution in [0.2, 0.25) is 0 Å². The van der Waals surface area contributed by atoms with Gasteiger partial charge in [0.2, 0.25) is 0 Å². The van der Waals surface area contributed by atoms with Crippen LogP contribution in [0, 0.1) is 5.41 Å². The SMILES string of the molecule is CC1(C)CC1Nc1ccccc1CN. The van der Waals surface area contributed by atoms with Crippen LogP contribution in [0.15, 0.2) is 24.3 Å². The highest BCUT2D eigenvalue weighted by atomic mass is 15.0. The van der Waals surface area contributed by atoms with Crippen molar-refractivity contribution in [3.8, 4) is 0 Å². The fourth-order valence-electron chi connectivity index (χ4n) is 1.74. The summed E-state index contributed by atoms with van der Waals surface area (Å²) in [4.78, 5) is 0. The summed E-state index contributed by atoms with van der Waals surface area (Å²) in [7, 11) is 0. The molecule has 0 spiro atoms. The van der Waals surface area contributed by atoms with Gasteiger partial charge in [0.05, 0.1) is 0 Å². The molecular formula is C12H18N2. The zero-order chi connectivity index (χ0) is 10.2. The van der Waals surface area contributed by atoms with E-state index >= 15 is 0 Å². The monoisotopic (exact) mass is 190 g/mol. The van der Waals surface area contributed by atoms with E-state index in [1.165, 1.54) is 17.7 Å². The molecule has 1 saturated carbocycles. The summed E-state index contributed by atoms with van der Waals surface area (Å²) in [6.45, 7) is 5.18. The highest BCUT2D eigenvalue weighted by Crippen LogP contribution is 2.46. The summed E-state index contributed by atoms with van der Waals surface area (Å²) in [6.07, 6.45) is 1.26. The fraction of sp³-hybridized carbons (Fsp3) is 0.500. The van der Waals surface area contributed by atoms with Gasteiger partial charge < -0.3 is 11.1 Å². The quantitative estimate of drug-likeness (QED) is 0.768. The van der Waals surface area contributed by atoms with Crippen LogP contribution in [-0.2, 0) is 6.54 Å². The molecule has 0 amide bonds. The number of para-hydroxylation sites is 1. The molecule has 2 nitrogen and oxygen atoms in total. The Bertz CT molecular complexity index is 331. The van der Waals surface area contributed by atoms with Crippen molar-refractivity contribution >= 4 is 5.69 Å². The predicted octanol–water partition coefficient (Wildman–Crippen LogP) is 2.36. The molecule has 1 aromatic rings. The molecule has 2 heteroatoms. The van der Waals surface area contributed by atoms with Crippen molar-refractivity contribution in [2.45, 2.75) is 32.9 Å². The normalized spacial score (nSPS) is 23.2. The number of nitrogens with one attached hydrogen (secondary N) is 1. The third-order valence-corrected chi connectivity index (χ3v) is 3.08. The van der Waals surface area contributed by atoms with E-state index < -0.39 is 0 Å². The van der Waals surface area contributed by atoms with Crippen LogP contribution in [0.3, 0.4) is 0 Å². The first-order valence-corrected chi connectivity index (χ1v) is 5.18. The molecule has 1 aliphatic rings. The highest BCUT2D eigenvalue weighted by molar-refractivity contribution is 5.53. The summed E-state index contributed by atoms with van der Waals surface area (Å²) in [5.41, 5.74) is 8.54. The second-order valence-electron chi connectivity index (χ2n) is 4.75. The van der Waals surface area contributed by atoms with Crippen molar-refractivity contribution in [3.05, 3.63) is 29.8 Å². The van der Waals surface area contributed by atoms with Crippen molar-refractivity contribution in [1.29, 1.82) is 0 Å². The molecule has 0 aromatic heterocycles. The van der Waals surface area contributed by atoms with Crippen LogP contribution in [0.4, 0.5) is 5.69 Å². The predicted molar refractivity (Wildman–Crippen MR) is 60.1 cm³/mol. The minimum Gasteiger partial charge on any atom is -0.381 e. The second-order valence-corrected chi connectivity index (χ2v) is 4.75. The van der Waals surface area contributed by atoms with Crippen LogP contribution in [0.1, 0.15) is 25.8 Å². The molecule has 3 N–H and O–H groups in total. The summed E-state index contributed by atoms with van der Waals surface area (Å²) in [6, 6.07) is 8.89. The standard InChI is InChI=1S/C12H18N2/c1-12(2)7-11(12)14-10-6-4-3-5-9(10)8-13/h3-6,11,14H,7-8,13H2,1-2H3. The molecule has 0 aliphatic heterocycles. The molecule has 0 radical (unpaired) electrons. The van der Waals surface area contributed by atoms with E-state index in [0.29, 0.717) is 18.0 Å². The van der Waals surface area contributed by atoms with Gasteiger partial charge in [-0.1, -0.05) is 32.0 Å². The third-order valence-electron chi connectivity index (χ3n) is 3.08. The molecule has 1 fully saturated rings. The largest absolute Gasteiger partial charge is 0.381 e. The topological polar surface area (TPSA) is 38.0 Å². The molecule has 0 bridgehead atoms. The zero-order valence-corrected chi connectivity index (χ0v) is 8.88. The maximum absolute atomic E-state index is 5.67. The Morgan fingerprint density at radius 3 is 2.64 bits per heavy atom. The molecule has 1 aliphatic carbocycles. The van der Waals surface area contributed by atoms with Crippen molar-refractivity contribution in [1.82, 2.24) is 0 Å². The lowest BCUT2D eigenvalue weighted by Gasteiger charge is -2.11. The lowest BCUT2D eigenvalue weighted by molar-refractivity contribution is 0.630.